The molecular formula is C17H18F3N3O. The van der Waals surface area contributed by atoms with E-state index in [4.69, 9.17) is 0 Å². The first-order valence-electron chi connectivity index (χ1n) is 7.33. The SMILES string of the molecule is CN(C)c1ccc(NC(=O)CCNc2ccc(F)c(F)c2F)cc1. The molecule has 0 spiro atoms. The lowest BCUT2D eigenvalue weighted by molar-refractivity contribution is -0.115. The second-order valence-electron chi connectivity index (χ2n) is 5.39. The van der Waals surface area contributed by atoms with Crippen LogP contribution in [0.3, 0.4) is 0 Å². The Morgan fingerprint density at radius 3 is 2.29 bits per heavy atom. The van der Waals surface area contributed by atoms with Gasteiger partial charge in [0.1, 0.15) is 0 Å². The number of nitrogens with one attached hydrogen (secondary N) is 2. The summed E-state index contributed by atoms with van der Waals surface area (Å²) in [4.78, 5) is 13.8. The molecule has 4 nitrogen and oxygen atoms in total. The Morgan fingerprint density at radius 1 is 1.00 bits per heavy atom. The highest BCUT2D eigenvalue weighted by molar-refractivity contribution is 5.91. The first-order valence-corrected chi connectivity index (χ1v) is 7.33. The van der Waals surface area contributed by atoms with Gasteiger partial charge in [0.05, 0.1) is 5.69 Å². The standard InChI is InChI=1S/C17H18F3N3O/c1-23(2)12-5-3-11(4-6-12)22-15(24)9-10-21-14-8-7-13(18)16(19)17(14)20/h3-8,21H,9-10H2,1-2H3,(H,22,24). The average molecular weight is 337 g/mol. The molecular weight excluding hydrogens is 319 g/mol. The van der Waals surface area contributed by atoms with E-state index in [1.165, 1.54) is 0 Å². The van der Waals surface area contributed by atoms with E-state index < -0.39 is 17.5 Å². The molecule has 0 bridgehead atoms. The van der Waals surface area contributed by atoms with Crippen molar-refractivity contribution in [3.63, 3.8) is 0 Å². The number of carbonyl (C=O) groups is 1. The molecule has 128 valence electrons. The number of amides is 1. The third-order valence-corrected chi connectivity index (χ3v) is 3.37. The van der Waals surface area contributed by atoms with Gasteiger partial charge < -0.3 is 15.5 Å². The molecule has 2 rings (SSSR count). The molecule has 0 aliphatic rings. The van der Waals surface area contributed by atoms with E-state index in [1.807, 2.05) is 31.1 Å². The summed E-state index contributed by atoms with van der Waals surface area (Å²) in [6.45, 7) is 0.0869. The van der Waals surface area contributed by atoms with Crippen LogP contribution in [-0.4, -0.2) is 26.5 Å². The normalized spacial score (nSPS) is 10.4. The number of rotatable bonds is 6. The van der Waals surface area contributed by atoms with Gasteiger partial charge in [-0.15, -0.1) is 0 Å². The van der Waals surface area contributed by atoms with Gasteiger partial charge in [-0.25, -0.2) is 13.2 Å². The molecule has 0 saturated heterocycles. The van der Waals surface area contributed by atoms with Crippen molar-refractivity contribution in [2.45, 2.75) is 6.42 Å². The van der Waals surface area contributed by atoms with Crippen LogP contribution >= 0.6 is 0 Å². The summed E-state index contributed by atoms with van der Waals surface area (Å²) in [6, 6.07) is 9.19. The molecule has 2 aromatic carbocycles. The zero-order valence-electron chi connectivity index (χ0n) is 13.4. The summed E-state index contributed by atoms with van der Waals surface area (Å²) in [6.07, 6.45) is 0.0495. The highest BCUT2D eigenvalue weighted by Gasteiger charge is 2.13. The van der Waals surface area contributed by atoms with E-state index in [-0.39, 0.29) is 24.6 Å². The van der Waals surface area contributed by atoms with Gasteiger partial charge in [-0.3, -0.25) is 4.79 Å². The minimum atomic E-state index is -1.54. The van der Waals surface area contributed by atoms with Gasteiger partial charge in [-0.05, 0) is 36.4 Å². The van der Waals surface area contributed by atoms with Crippen LogP contribution in [0.15, 0.2) is 36.4 Å². The fourth-order valence-electron chi connectivity index (χ4n) is 2.04. The summed E-state index contributed by atoms with van der Waals surface area (Å²) >= 11 is 0. The Morgan fingerprint density at radius 2 is 1.67 bits per heavy atom. The van der Waals surface area contributed by atoms with Gasteiger partial charge in [0, 0.05) is 38.4 Å². The Balaban J connectivity index is 1.84. The van der Waals surface area contributed by atoms with Crippen LogP contribution in [-0.2, 0) is 4.79 Å². The molecule has 0 aliphatic heterocycles. The van der Waals surface area contributed by atoms with E-state index in [0.717, 1.165) is 17.8 Å². The minimum Gasteiger partial charge on any atom is -0.382 e. The predicted octanol–water partition coefficient (Wildman–Crippen LogP) is 3.61. The summed E-state index contributed by atoms with van der Waals surface area (Å²) in [5.41, 5.74) is 1.46. The van der Waals surface area contributed by atoms with Crippen LogP contribution in [0, 0.1) is 17.5 Å². The molecule has 2 N–H and O–H groups in total. The van der Waals surface area contributed by atoms with E-state index in [9.17, 15) is 18.0 Å². The Labute approximate surface area is 138 Å². The van der Waals surface area contributed by atoms with Gasteiger partial charge in [0.2, 0.25) is 5.91 Å². The van der Waals surface area contributed by atoms with Gasteiger partial charge >= 0.3 is 0 Å². The van der Waals surface area contributed by atoms with Crippen molar-refractivity contribution in [3.05, 3.63) is 53.8 Å². The maximum absolute atomic E-state index is 13.5. The van der Waals surface area contributed by atoms with Crippen LogP contribution < -0.4 is 15.5 Å². The fourth-order valence-corrected chi connectivity index (χ4v) is 2.04. The van der Waals surface area contributed by atoms with Crippen molar-refractivity contribution in [3.8, 4) is 0 Å². The highest BCUT2D eigenvalue weighted by atomic mass is 19.2. The molecule has 1 amide bonds. The first kappa shape index (κ1) is 17.7. The predicted molar refractivity (Wildman–Crippen MR) is 88.8 cm³/mol. The third kappa shape index (κ3) is 4.41. The van der Waals surface area contributed by atoms with Gasteiger partial charge in [0.25, 0.3) is 0 Å². The summed E-state index contributed by atoms with van der Waals surface area (Å²) in [5, 5.41) is 5.28. The number of benzene rings is 2. The maximum atomic E-state index is 13.5. The molecule has 0 fully saturated rings. The Hall–Kier alpha value is -2.70. The van der Waals surface area contributed by atoms with Gasteiger partial charge in [-0.1, -0.05) is 0 Å². The van der Waals surface area contributed by atoms with Gasteiger partial charge in [-0.2, -0.15) is 0 Å². The molecule has 0 radical (unpaired) electrons. The number of anilines is 3. The van der Waals surface area contributed by atoms with Crippen LogP contribution in [0.25, 0.3) is 0 Å². The van der Waals surface area contributed by atoms with Crippen molar-refractivity contribution >= 4 is 23.0 Å². The van der Waals surface area contributed by atoms with Crippen molar-refractivity contribution in [1.29, 1.82) is 0 Å². The maximum Gasteiger partial charge on any atom is 0.226 e. The number of hydrogen-bond acceptors (Lipinski definition) is 3. The minimum absolute atomic E-state index is 0.0495. The summed E-state index contributed by atoms with van der Waals surface area (Å²) in [7, 11) is 3.83. The van der Waals surface area contributed by atoms with Gasteiger partial charge in [0.15, 0.2) is 17.5 Å². The lowest BCUT2D eigenvalue weighted by Crippen LogP contribution is -2.17. The Bertz CT molecular complexity index is 718. The second kappa shape index (κ2) is 7.72. The molecule has 0 atom stereocenters. The van der Waals surface area contributed by atoms with Crippen LogP contribution in [0.4, 0.5) is 30.2 Å². The third-order valence-electron chi connectivity index (χ3n) is 3.37. The quantitative estimate of drug-likeness (QED) is 0.792. The van der Waals surface area contributed by atoms with Crippen LogP contribution in [0.5, 0.6) is 0 Å². The number of nitrogens with zero attached hydrogens (tertiary/aromatic N) is 1. The van der Waals surface area contributed by atoms with Crippen LogP contribution in [0.2, 0.25) is 0 Å². The molecule has 2 aromatic rings. The number of carbonyl (C=O) groups excluding carboxylic acids is 1. The second-order valence-corrected chi connectivity index (χ2v) is 5.39. The summed E-state index contributed by atoms with van der Waals surface area (Å²) < 4.78 is 39.4. The monoisotopic (exact) mass is 337 g/mol. The van der Waals surface area contributed by atoms with E-state index in [2.05, 4.69) is 10.6 Å². The highest BCUT2D eigenvalue weighted by Crippen LogP contribution is 2.19. The fraction of sp³-hybridized carbons (Fsp3) is 0.235. The van der Waals surface area contributed by atoms with E-state index >= 15 is 0 Å². The van der Waals surface area contributed by atoms with Crippen molar-refractivity contribution in [2.24, 2.45) is 0 Å². The average Bonchev–Trinajstić information content (AvgIpc) is 2.55. The molecule has 0 saturated carbocycles. The lowest BCUT2D eigenvalue weighted by atomic mass is 10.2. The van der Waals surface area contributed by atoms with Crippen LogP contribution in [0.1, 0.15) is 6.42 Å². The zero-order chi connectivity index (χ0) is 17.7. The summed E-state index contributed by atoms with van der Waals surface area (Å²) in [5.74, 6) is -4.36. The molecule has 24 heavy (non-hydrogen) atoms. The first-order chi connectivity index (χ1) is 11.4. The van der Waals surface area contributed by atoms with Crippen molar-refractivity contribution in [2.75, 3.05) is 36.2 Å². The van der Waals surface area contributed by atoms with Crippen molar-refractivity contribution in [1.82, 2.24) is 0 Å². The van der Waals surface area contributed by atoms with E-state index in [1.54, 1.807) is 12.1 Å². The van der Waals surface area contributed by atoms with Crippen molar-refractivity contribution < 1.29 is 18.0 Å². The smallest absolute Gasteiger partial charge is 0.226 e. The zero-order valence-corrected chi connectivity index (χ0v) is 13.4. The molecule has 0 aliphatic carbocycles. The molecule has 0 unspecified atom stereocenters. The largest absolute Gasteiger partial charge is 0.382 e. The molecule has 0 aromatic heterocycles. The number of hydrogen-bond donors (Lipinski definition) is 2. The topological polar surface area (TPSA) is 44.4 Å². The molecule has 7 heteroatoms. The number of halogens is 3. The molecule has 0 heterocycles. The lowest BCUT2D eigenvalue weighted by Gasteiger charge is -2.13. The van der Waals surface area contributed by atoms with E-state index in [0.29, 0.717) is 5.69 Å². The Kier molecular flexibility index (Phi) is 5.68.